The molecule has 0 saturated carbocycles. The van der Waals surface area contributed by atoms with Gasteiger partial charge in [0.2, 0.25) is 0 Å². The van der Waals surface area contributed by atoms with E-state index in [1.807, 2.05) is 0 Å². The monoisotopic (exact) mass is 215 g/mol. The molecule has 0 bridgehead atoms. The number of ether oxygens (including phenoxy) is 1. The van der Waals surface area contributed by atoms with Crippen molar-refractivity contribution in [1.29, 1.82) is 0 Å². The summed E-state index contributed by atoms with van der Waals surface area (Å²) in [5, 5.41) is 7.78. The lowest BCUT2D eigenvalue weighted by Crippen LogP contribution is -2.31. The molecule has 1 rings (SSSR count). The third-order valence-corrected chi connectivity index (χ3v) is 2.08. The molecule has 1 unspecified atom stereocenters. The summed E-state index contributed by atoms with van der Waals surface area (Å²) in [5.41, 5.74) is 6.62. The van der Waals surface area contributed by atoms with Gasteiger partial charge in [-0.1, -0.05) is 0 Å². The summed E-state index contributed by atoms with van der Waals surface area (Å²) in [6, 6.07) is -0.832. The molecule has 1 heterocycles. The Kier molecular flexibility index (Phi) is 3.17. The van der Waals surface area contributed by atoms with Crippen LogP contribution in [0.15, 0.2) is 5.51 Å². The van der Waals surface area contributed by atoms with Crippen molar-refractivity contribution < 1.29 is 9.53 Å². The summed E-state index contributed by atoms with van der Waals surface area (Å²) >= 11 is 1.24. The molecule has 0 amide bonds. The number of esters is 1. The van der Waals surface area contributed by atoms with Gasteiger partial charge in [0.05, 0.1) is 0 Å². The molecule has 0 aliphatic rings. The molecule has 0 aromatic carbocycles. The van der Waals surface area contributed by atoms with E-state index in [1.165, 1.54) is 16.8 Å². The molecule has 6 heteroatoms. The third kappa shape index (κ3) is 3.04. The zero-order valence-electron chi connectivity index (χ0n) is 8.35. The highest BCUT2D eigenvalue weighted by Gasteiger charge is 2.25. The molecule has 0 saturated heterocycles. The maximum atomic E-state index is 11.4. The SMILES string of the molecule is CC(C)(C)OC(=O)C(N)c1nncs1. The second-order valence-corrected chi connectivity index (χ2v) is 4.65. The molecule has 0 aliphatic heterocycles. The fourth-order valence-corrected chi connectivity index (χ4v) is 1.32. The predicted octanol–water partition coefficient (Wildman–Crippen LogP) is 0.880. The van der Waals surface area contributed by atoms with Gasteiger partial charge in [0.15, 0.2) is 6.04 Å². The molecule has 5 nitrogen and oxygen atoms in total. The Labute approximate surface area is 86.3 Å². The minimum Gasteiger partial charge on any atom is -0.458 e. The molecule has 1 aromatic rings. The fourth-order valence-electron chi connectivity index (χ4n) is 0.783. The second kappa shape index (κ2) is 4.02. The molecule has 0 radical (unpaired) electrons. The van der Waals surface area contributed by atoms with Gasteiger partial charge in [-0.05, 0) is 20.8 Å². The van der Waals surface area contributed by atoms with E-state index in [2.05, 4.69) is 10.2 Å². The molecule has 78 valence electrons. The van der Waals surface area contributed by atoms with E-state index in [0.29, 0.717) is 5.01 Å². The van der Waals surface area contributed by atoms with Gasteiger partial charge in [-0.15, -0.1) is 21.5 Å². The van der Waals surface area contributed by atoms with Crippen molar-refractivity contribution in [1.82, 2.24) is 10.2 Å². The van der Waals surface area contributed by atoms with Crippen LogP contribution in [0.4, 0.5) is 0 Å². The summed E-state index contributed by atoms with van der Waals surface area (Å²) < 4.78 is 5.10. The van der Waals surface area contributed by atoms with Gasteiger partial charge < -0.3 is 10.5 Å². The highest BCUT2D eigenvalue weighted by molar-refractivity contribution is 7.09. The number of carbonyl (C=O) groups is 1. The maximum absolute atomic E-state index is 11.4. The summed E-state index contributed by atoms with van der Waals surface area (Å²) in [4.78, 5) is 11.4. The molecule has 0 fully saturated rings. The molecule has 1 atom stereocenters. The lowest BCUT2D eigenvalue weighted by molar-refractivity contribution is -0.156. The Morgan fingerprint density at radius 1 is 1.64 bits per heavy atom. The third-order valence-electron chi connectivity index (χ3n) is 1.30. The zero-order chi connectivity index (χ0) is 10.8. The van der Waals surface area contributed by atoms with Crippen LogP contribution < -0.4 is 5.73 Å². The Bertz CT molecular complexity index is 305. The average molecular weight is 215 g/mol. The number of hydrogen-bond donors (Lipinski definition) is 1. The van der Waals surface area contributed by atoms with Crippen LogP contribution in [0, 0.1) is 0 Å². The van der Waals surface area contributed by atoms with Crippen LogP contribution in [0.2, 0.25) is 0 Å². The van der Waals surface area contributed by atoms with E-state index in [0.717, 1.165) is 0 Å². The Hall–Kier alpha value is -1.01. The van der Waals surface area contributed by atoms with Crippen molar-refractivity contribution >= 4 is 17.3 Å². The zero-order valence-corrected chi connectivity index (χ0v) is 9.17. The lowest BCUT2D eigenvalue weighted by Gasteiger charge is -2.21. The van der Waals surface area contributed by atoms with Crippen LogP contribution in [-0.4, -0.2) is 21.8 Å². The Morgan fingerprint density at radius 2 is 2.29 bits per heavy atom. The minimum atomic E-state index is -0.832. The van der Waals surface area contributed by atoms with Gasteiger partial charge in [-0.3, -0.25) is 0 Å². The number of nitrogens with zero attached hydrogens (tertiary/aromatic N) is 2. The van der Waals surface area contributed by atoms with Crippen molar-refractivity contribution in [3.63, 3.8) is 0 Å². The van der Waals surface area contributed by atoms with Gasteiger partial charge in [-0.2, -0.15) is 0 Å². The van der Waals surface area contributed by atoms with Gasteiger partial charge in [-0.25, -0.2) is 4.79 Å². The number of aromatic nitrogens is 2. The topological polar surface area (TPSA) is 78.1 Å². The Balaban J connectivity index is 2.63. The molecule has 2 N–H and O–H groups in total. The van der Waals surface area contributed by atoms with Gasteiger partial charge >= 0.3 is 5.97 Å². The highest BCUT2D eigenvalue weighted by atomic mass is 32.1. The van der Waals surface area contributed by atoms with Crippen molar-refractivity contribution in [2.75, 3.05) is 0 Å². The van der Waals surface area contributed by atoms with Crippen LogP contribution in [0.5, 0.6) is 0 Å². The quantitative estimate of drug-likeness (QED) is 0.741. The lowest BCUT2D eigenvalue weighted by atomic mass is 10.2. The summed E-state index contributed by atoms with van der Waals surface area (Å²) in [6.45, 7) is 5.37. The smallest absolute Gasteiger partial charge is 0.330 e. The number of nitrogens with two attached hydrogens (primary N) is 1. The first-order chi connectivity index (χ1) is 6.40. The van der Waals surface area contributed by atoms with Crippen molar-refractivity contribution in [3.05, 3.63) is 10.5 Å². The van der Waals surface area contributed by atoms with E-state index in [1.54, 1.807) is 20.8 Å². The number of hydrogen-bond acceptors (Lipinski definition) is 6. The fraction of sp³-hybridized carbons (Fsp3) is 0.625. The second-order valence-electron chi connectivity index (χ2n) is 3.79. The largest absolute Gasteiger partial charge is 0.458 e. The normalized spacial score (nSPS) is 13.7. The van der Waals surface area contributed by atoms with Gasteiger partial charge in [0.1, 0.15) is 16.1 Å². The van der Waals surface area contributed by atoms with Gasteiger partial charge in [0.25, 0.3) is 0 Å². The number of rotatable bonds is 2. The van der Waals surface area contributed by atoms with Crippen LogP contribution in [0.1, 0.15) is 31.8 Å². The standard InChI is InChI=1S/C8H13N3O2S/c1-8(2,3)13-7(12)5(9)6-11-10-4-14-6/h4-5H,9H2,1-3H3. The van der Waals surface area contributed by atoms with Crippen LogP contribution in [0.3, 0.4) is 0 Å². The number of carbonyl (C=O) groups excluding carboxylic acids is 1. The van der Waals surface area contributed by atoms with Crippen LogP contribution in [-0.2, 0) is 9.53 Å². The van der Waals surface area contributed by atoms with Gasteiger partial charge in [0, 0.05) is 0 Å². The summed E-state index contributed by atoms with van der Waals surface area (Å²) in [6.07, 6.45) is 0. The van der Waals surface area contributed by atoms with Crippen molar-refractivity contribution in [2.24, 2.45) is 5.73 Å². The van der Waals surface area contributed by atoms with E-state index >= 15 is 0 Å². The minimum absolute atomic E-state index is 0.472. The van der Waals surface area contributed by atoms with E-state index in [4.69, 9.17) is 10.5 Å². The van der Waals surface area contributed by atoms with E-state index < -0.39 is 17.6 Å². The molecule has 1 aromatic heterocycles. The molecule has 0 aliphatic carbocycles. The van der Waals surface area contributed by atoms with E-state index in [9.17, 15) is 4.79 Å². The first kappa shape index (κ1) is 11.1. The first-order valence-electron chi connectivity index (χ1n) is 4.14. The maximum Gasteiger partial charge on any atom is 0.330 e. The van der Waals surface area contributed by atoms with E-state index in [-0.39, 0.29) is 0 Å². The van der Waals surface area contributed by atoms with Crippen LogP contribution in [0.25, 0.3) is 0 Å². The molecule has 0 spiro atoms. The predicted molar refractivity (Wildman–Crippen MR) is 52.7 cm³/mol. The molecular formula is C8H13N3O2S. The first-order valence-corrected chi connectivity index (χ1v) is 5.02. The molecule has 14 heavy (non-hydrogen) atoms. The summed E-state index contributed by atoms with van der Waals surface area (Å²) in [5.74, 6) is -0.478. The molecular weight excluding hydrogens is 202 g/mol. The van der Waals surface area contributed by atoms with Crippen molar-refractivity contribution in [3.8, 4) is 0 Å². The van der Waals surface area contributed by atoms with Crippen molar-refractivity contribution in [2.45, 2.75) is 32.4 Å². The van der Waals surface area contributed by atoms with Crippen LogP contribution >= 0.6 is 11.3 Å². The average Bonchev–Trinajstić information content (AvgIpc) is 2.51. The Morgan fingerprint density at radius 3 is 2.71 bits per heavy atom. The summed E-state index contributed by atoms with van der Waals surface area (Å²) in [7, 11) is 0. The highest BCUT2D eigenvalue weighted by Crippen LogP contribution is 2.16.